The van der Waals surface area contributed by atoms with Gasteiger partial charge in [-0.15, -0.1) is 0 Å². The van der Waals surface area contributed by atoms with Gasteiger partial charge in [0.2, 0.25) is 0 Å². The molecule has 2 heterocycles. The third kappa shape index (κ3) is 3.90. The number of aromatic amines is 1. The fourth-order valence-corrected chi connectivity index (χ4v) is 2.98. The highest BCUT2D eigenvalue weighted by Gasteiger charge is 2.20. The van der Waals surface area contributed by atoms with Crippen LogP contribution in [0, 0.1) is 0 Å². The Kier molecular flexibility index (Phi) is 5.18. The number of H-pyrrole nitrogens is 1. The molecule has 0 aliphatic heterocycles. The molecule has 1 aromatic carbocycles. The minimum Gasteiger partial charge on any atom is -0.341 e. The van der Waals surface area contributed by atoms with Gasteiger partial charge in [-0.05, 0) is 36.6 Å². The van der Waals surface area contributed by atoms with Crippen molar-refractivity contribution in [1.29, 1.82) is 0 Å². The summed E-state index contributed by atoms with van der Waals surface area (Å²) < 4.78 is 1.15. The molecule has 0 aliphatic rings. The van der Waals surface area contributed by atoms with Crippen LogP contribution < -0.4 is 10.9 Å². The zero-order valence-electron chi connectivity index (χ0n) is 14.0. The smallest absolute Gasteiger partial charge is 0.272 e. The van der Waals surface area contributed by atoms with Crippen molar-refractivity contribution < 1.29 is 4.79 Å². The molecule has 3 aromatic rings. The summed E-state index contributed by atoms with van der Waals surface area (Å²) in [5.41, 5.74) is 1.74. The van der Waals surface area contributed by atoms with Crippen LogP contribution in [0.5, 0.6) is 0 Å². The van der Waals surface area contributed by atoms with Crippen LogP contribution in [0.1, 0.15) is 28.8 Å². The third-order valence-corrected chi connectivity index (χ3v) is 4.49. The molecule has 7 nitrogen and oxygen atoms in total. The lowest BCUT2D eigenvalue weighted by Crippen LogP contribution is -2.32. The monoisotopic (exact) mass is 357 g/mol. The van der Waals surface area contributed by atoms with Crippen molar-refractivity contribution in [2.45, 2.75) is 12.5 Å². The molecule has 0 fully saturated rings. The highest BCUT2D eigenvalue weighted by atomic mass is 32.2. The standard InChI is InChI=1S/C17H19N5O2S/c1-22-15(23)8-7-14(21-22)17(24)20-13(9-10-25-2)16-18-11-5-3-4-6-12(11)19-16/h3-8,13H,9-10H2,1-2H3,(H,18,19)(H,20,24)/t13-/m1/s1. The number of hydrogen-bond donors (Lipinski definition) is 2. The first kappa shape index (κ1) is 17.2. The van der Waals surface area contributed by atoms with E-state index < -0.39 is 0 Å². The molecule has 3 rings (SSSR count). The zero-order chi connectivity index (χ0) is 17.8. The molecule has 0 bridgehead atoms. The summed E-state index contributed by atoms with van der Waals surface area (Å²) in [5.74, 6) is 1.26. The Balaban J connectivity index is 1.86. The minimum absolute atomic E-state index is 0.201. The fraction of sp³-hybridized carbons (Fsp3) is 0.294. The largest absolute Gasteiger partial charge is 0.341 e. The number of aryl methyl sites for hydroxylation is 1. The normalized spacial score (nSPS) is 12.2. The molecule has 2 aromatic heterocycles. The van der Waals surface area contributed by atoms with Crippen molar-refractivity contribution in [1.82, 2.24) is 25.1 Å². The van der Waals surface area contributed by atoms with Gasteiger partial charge in [-0.1, -0.05) is 12.1 Å². The topological polar surface area (TPSA) is 92.7 Å². The van der Waals surface area contributed by atoms with Crippen LogP contribution in [0.4, 0.5) is 0 Å². The van der Waals surface area contributed by atoms with Crippen LogP contribution in [-0.2, 0) is 7.05 Å². The predicted octanol–water partition coefficient (Wildman–Crippen LogP) is 1.88. The molecular formula is C17H19N5O2S. The van der Waals surface area contributed by atoms with Crippen molar-refractivity contribution in [3.8, 4) is 0 Å². The Bertz CT molecular complexity index is 916. The number of thioether (sulfide) groups is 1. The van der Waals surface area contributed by atoms with Crippen molar-refractivity contribution in [2.75, 3.05) is 12.0 Å². The second-order valence-electron chi connectivity index (χ2n) is 5.63. The molecule has 0 saturated heterocycles. The quantitative estimate of drug-likeness (QED) is 0.703. The van der Waals surface area contributed by atoms with Crippen LogP contribution in [0.2, 0.25) is 0 Å². The van der Waals surface area contributed by atoms with Crippen LogP contribution in [0.15, 0.2) is 41.2 Å². The van der Waals surface area contributed by atoms with E-state index in [-0.39, 0.29) is 23.2 Å². The number of carbonyl (C=O) groups is 1. The first-order valence-corrected chi connectivity index (χ1v) is 9.26. The van der Waals surface area contributed by atoms with E-state index in [1.807, 2.05) is 30.5 Å². The lowest BCUT2D eigenvalue weighted by atomic mass is 10.2. The Morgan fingerprint density at radius 1 is 1.32 bits per heavy atom. The summed E-state index contributed by atoms with van der Waals surface area (Å²) >= 11 is 1.70. The van der Waals surface area contributed by atoms with Crippen LogP contribution in [0.3, 0.4) is 0 Å². The number of amides is 1. The number of carbonyl (C=O) groups excluding carboxylic acids is 1. The van der Waals surface area contributed by atoms with Crippen molar-refractivity contribution >= 4 is 28.7 Å². The van der Waals surface area contributed by atoms with Gasteiger partial charge in [0.1, 0.15) is 11.5 Å². The highest BCUT2D eigenvalue weighted by Crippen LogP contribution is 2.20. The average molecular weight is 357 g/mol. The van der Waals surface area contributed by atoms with E-state index in [9.17, 15) is 9.59 Å². The second-order valence-corrected chi connectivity index (χ2v) is 6.61. The Hall–Kier alpha value is -2.61. The zero-order valence-corrected chi connectivity index (χ0v) is 14.8. The van der Waals surface area contributed by atoms with Crippen molar-refractivity contribution in [3.63, 3.8) is 0 Å². The maximum absolute atomic E-state index is 12.5. The SMILES string of the molecule is CSCC[C@@H](NC(=O)c1ccc(=O)n(C)n1)c1nc2ccccc2[nH]1. The van der Waals surface area contributed by atoms with Gasteiger partial charge in [0.25, 0.3) is 11.5 Å². The van der Waals surface area contributed by atoms with Gasteiger partial charge in [0, 0.05) is 13.1 Å². The van der Waals surface area contributed by atoms with Gasteiger partial charge in [0.15, 0.2) is 0 Å². The molecule has 8 heteroatoms. The number of hydrogen-bond acceptors (Lipinski definition) is 5. The molecule has 1 atom stereocenters. The molecule has 130 valence electrons. The lowest BCUT2D eigenvalue weighted by molar-refractivity contribution is 0.0927. The number of nitrogens with one attached hydrogen (secondary N) is 2. The van der Waals surface area contributed by atoms with Crippen LogP contribution >= 0.6 is 11.8 Å². The number of aromatic nitrogens is 4. The van der Waals surface area contributed by atoms with E-state index in [1.165, 1.54) is 19.2 Å². The van der Waals surface area contributed by atoms with Crippen LogP contribution in [0.25, 0.3) is 11.0 Å². The Morgan fingerprint density at radius 3 is 2.84 bits per heavy atom. The maximum atomic E-state index is 12.5. The molecule has 2 N–H and O–H groups in total. The van der Waals surface area contributed by atoms with Gasteiger partial charge in [-0.3, -0.25) is 9.59 Å². The van der Waals surface area contributed by atoms with E-state index in [2.05, 4.69) is 20.4 Å². The molecule has 25 heavy (non-hydrogen) atoms. The van der Waals surface area contributed by atoms with Crippen molar-refractivity contribution in [2.24, 2.45) is 7.05 Å². The number of benzene rings is 1. The van der Waals surface area contributed by atoms with E-state index in [4.69, 9.17) is 0 Å². The van der Waals surface area contributed by atoms with Gasteiger partial charge in [-0.2, -0.15) is 16.9 Å². The van der Waals surface area contributed by atoms with Gasteiger partial charge >= 0.3 is 0 Å². The summed E-state index contributed by atoms with van der Waals surface area (Å²) in [4.78, 5) is 31.8. The third-order valence-electron chi connectivity index (χ3n) is 3.85. The predicted molar refractivity (Wildman–Crippen MR) is 98.8 cm³/mol. The van der Waals surface area contributed by atoms with Gasteiger partial charge < -0.3 is 10.3 Å². The number of para-hydroxylation sites is 2. The maximum Gasteiger partial charge on any atom is 0.272 e. The lowest BCUT2D eigenvalue weighted by Gasteiger charge is -2.16. The number of rotatable bonds is 6. The van der Waals surface area contributed by atoms with E-state index >= 15 is 0 Å². The molecule has 1 amide bonds. The van der Waals surface area contributed by atoms with Crippen LogP contribution in [-0.4, -0.2) is 37.7 Å². The summed E-state index contributed by atoms with van der Waals surface area (Å²) in [6.45, 7) is 0. The first-order chi connectivity index (χ1) is 12.1. The molecular weight excluding hydrogens is 338 g/mol. The average Bonchev–Trinajstić information content (AvgIpc) is 3.04. The molecule has 0 unspecified atom stereocenters. The van der Waals surface area contributed by atoms with E-state index in [0.29, 0.717) is 5.82 Å². The molecule has 0 radical (unpaired) electrons. The summed E-state index contributed by atoms with van der Waals surface area (Å²) in [6.07, 6.45) is 2.75. The van der Waals surface area contributed by atoms with E-state index in [1.54, 1.807) is 11.8 Å². The Morgan fingerprint density at radius 2 is 2.12 bits per heavy atom. The Labute approximate surface area is 148 Å². The summed E-state index contributed by atoms with van der Waals surface area (Å²) in [5, 5.41) is 6.97. The van der Waals surface area contributed by atoms with Gasteiger partial charge in [-0.25, -0.2) is 9.67 Å². The highest BCUT2D eigenvalue weighted by molar-refractivity contribution is 7.98. The first-order valence-electron chi connectivity index (χ1n) is 7.87. The minimum atomic E-state index is -0.331. The number of fused-ring (bicyclic) bond motifs is 1. The summed E-state index contributed by atoms with van der Waals surface area (Å²) in [6, 6.07) is 10.3. The van der Waals surface area contributed by atoms with E-state index in [0.717, 1.165) is 27.9 Å². The molecule has 0 spiro atoms. The number of nitrogens with zero attached hydrogens (tertiary/aromatic N) is 3. The molecule has 0 saturated carbocycles. The van der Waals surface area contributed by atoms with Crippen molar-refractivity contribution in [3.05, 3.63) is 58.3 Å². The molecule has 0 aliphatic carbocycles. The summed E-state index contributed by atoms with van der Waals surface area (Å²) in [7, 11) is 1.52. The fourth-order valence-electron chi connectivity index (χ4n) is 2.51. The van der Waals surface area contributed by atoms with Gasteiger partial charge in [0.05, 0.1) is 17.1 Å². The second kappa shape index (κ2) is 7.52. The number of imidazole rings is 1.